The molecule has 2 N–H and O–H groups in total. The smallest absolute Gasteiger partial charge is 0.413 e. The lowest BCUT2D eigenvalue weighted by Gasteiger charge is -2.10. The number of rotatable bonds is 5. The Bertz CT molecular complexity index is 563. The van der Waals surface area contributed by atoms with E-state index in [1.165, 1.54) is 11.7 Å². The minimum Gasteiger partial charge on any atom is -0.453 e. The molecule has 0 aliphatic carbocycles. The molecule has 1 atom stereocenters. The van der Waals surface area contributed by atoms with E-state index in [1.54, 1.807) is 0 Å². The fourth-order valence-corrected chi connectivity index (χ4v) is 2.65. The van der Waals surface area contributed by atoms with Crippen molar-refractivity contribution in [2.45, 2.75) is 30.6 Å². The third kappa shape index (κ3) is 4.33. The number of methoxy groups -OCH3 is 1. The van der Waals surface area contributed by atoms with Crippen molar-refractivity contribution in [2.75, 3.05) is 19.5 Å². The Morgan fingerprint density at radius 2 is 2.43 bits per heavy atom. The molecule has 2 amide bonds. The van der Waals surface area contributed by atoms with Crippen molar-refractivity contribution in [1.82, 2.24) is 20.1 Å². The second kappa shape index (κ2) is 7.27. The van der Waals surface area contributed by atoms with Gasteiger partial charge in [-0.1, -0.05) is 11.8 Å². The number of hydrogen-bond acceptors (Lipinski definition) is 7. The zero-order valence-electron chi connectivity index (χ0n) is 11.5. The molecule has 0 radical (unpaired) electrons. The molecule has 21 heavy (non-hydrogen) atoms. The summed E-state index contributed by atoms with van der Waals surface area (Å²) in [6.07, 6.45) is 1.04. The zero-order chi connectivity index (χ0) is 15.2. The number of ether oxygens (including phenoxy) is 2. The van der Waals surface area contributed by atoms with Crippen LogP contribution in [0.4, 0.5) is 4.79 Å². The number of carbonyl (C=O) groups excluding carboxylic acids is 2. The number of imide groups is 1. The summed E-state index contributed by atoms with van der Waals surface area (Å²) in [6, 6.07) is 0. The van der Waals surface area contributed by atoms with Crippen molar-refractivity contribution in [3.05, 3.63) is 10.5 Å². The van der Waals surface area contributed by atoms with Crippen LogP contribution in [0, 0.1) is 0 Å². The predicted octanol–water partition coefficient (Wildman–Crippen LogP) is -0.275. The first-order chi connectivity index (χ1) is 10.1. The number of hydrogen-bond donors (Lipinski definition) is 2. The molecule has 10 heteroatoms. The molecular weight excluding hydrogens is 300 g/mol. The summed E-state index contributed by atoms with van der Waals surface area (Å²) in [5, 5.41) is 8.62. The van der Waals surface area contributed by atoms with Crippen LogP contribution in [0.1, 0.15) is 12.8 Å². The van der Waals surface area contributed by atoms with E-state index in [1.807, 2.05) is 5.32 Å². The lowest BCUT2D eigenvalue weighted by Crippen LogP contribution is -2.31. The maximum atomic E-state index is 11.7. The van der Waals surface area contributed by atoms with Crippen LogP contribution in [0.5, 0.6) is 0 Å². The number of aromatic amines is 1. The number of thioether (sulfide) groups is 1. The monoisotopic (exact) mass is 316 g/mol. The first-order valence-corrected chi connectivity index (χ1v) is 7.36. The lowest BCUT2D eigenvalue weighted by atomic mass is 10.2. The SMILES string of the molecule is COC(=O)NC(=O)CSc1n[nH]c(=O)n1C[C@@H]1CCCO1. The van der Waals surface area contributed by atoms with Crippen molar-refractivity contribution < 1.29 is 19.1 Å². The fourth-order valence-electron chi connectivity index (χ4n) is 1.90. The van der Waals surface area contributed by atoms with Gasteiger partial charge in [0, 0.05) is 6.61 Å². The fraction of sp³-hybridized carbons (Fsp3) is 0.636. The normalized spacial score (nSPS) is 17.7. The molecule has 2 heterocycles. The minimum atomic E-state index is -0.820. The molecule has 0 unspecified atom stereocenters. The summed E-state index contributed by atoms with van der Waals surface area (Å²) >= 11 is 1.06. The van der Waals surface area contributed by atoms with E-state index in [2.05, 4.69) is 14.9 Å². The molecule has 1 aromatic rings. The van der Waals surface area contributed by atoms with Gasteiger partial charge in [-0.25, -0.2) is 14.7 Å². The van der Waals surface area contributed by atoms with Gasteiger partial charge in [0.15, 0.2) is 5.16 Å². The van der Waals surface area contributed by atoms with Gasteiger partial charge in [0.1, 0.15) is 0 Å². The summed E-state index contributed by atoms with van der Waals surface area (Å²) in [5.41, 5.74) is -0.346. The van der Waals surface area contributed by atoms with Crippen molar-refractivity contribution in [3.63, 3.8) is 0 Å². The molecule has 9 nitrogen and oxygen atoms in total. The van der Waals surface area contributed by atoms with E-state index in [4.69, 9.17) is 4.74 Å². The van der Waals surface area contributed by atoms with Gasteiger partial charge in [-0.05, 0) is 12.8 Å². The maximum Gasteiger partial charge on any atom is 0.413 e. The van der Waals surface area contributed by atoms with Gasteiger partial charge in [-0.2, -0.15) is 0 Å². The molecule has 0 bridgehead atoms. The highest BCUT2D eigenvalue weighted by molar-refractivity contribution is 7.99. The van der Waals surface area contributed by atoms with Crippen LogP contribution >= 0.6 is 11.8 Å². The molecular formula is C11H16N4O5S. The molecule has 1 aliphatic heterocycles. The van der Waals surface area contributed by atoms with Crippen molar-refractivity contribution in [3.8, 4) is 0 Å². The summed E-state index contributed by atoms with van der Waals surface area (Å²) in [6.45, 7) is 1.09. The average Bonchev–Trinajstić information content (AvgIpc) is 3.09. The maximum absolute atomic E-state index is 11.7. The van der Waals surface area contributed by atoms with E-state index in [-0.39, 0.29) is 17.5 Å². The van der Waals surface area contributed by atoms with Crippen molar-refractivity contribution in [2.24, 2.45) is 0 Å². The Morgan fingerprint density at radius 1 is 1.62 bits per heavy atom. The Kier molecular flexibility index (Phi) is 5.39. The first kappa shape index (κ1) is 15.6. The number of carbonyl (C=O) groups is 2. The third-order valence-electron chi connectivity index (χ3n) is 2.89. The Hall–Kier alpha value is -1.81. The van der Waals surface area contributed by atoms with E-state index >= 15 is 0 Å². The first-order valence-electron chi connectivity index (χ1n) is 6.37. The Labute approximate surface area is 124 Å². The van der Waals surface area contributed by atoms with Gasteiger partial charge >= 0.3 is 11.8 Å². The lowest BCUT2D eigenvalue weighted by molar-refractivity contribution is -0.117. The van der Waals surface area contributed by atoms with Crippen LogP contribution in [0.25, 0.3) is 0 Å². The Balaban J connectivity index is 1.92. The highest BCUT2D eigenvalue weighted by atomic mass is 32.2. The standard InChI is InChI=1S/C11H16N4O5S/c1-19-11(18)12-8(16)6-21-10-14-13-9(17)15(10)5-7-3-2-4-20-7/h7H,2-6H2,1H3,(H,13,17)(H,12,16,18)/t7-/m0/s1. The number of amides is 2. The van der Waals surface area contributed by atoms with Gasteiger partial charge < -0.3 is 9.47 Å². The molecule has 0 saturated carbocycles. The zero-order valence-corrected chi connectivity index (χ0v) is 12.3. The molecule has 1 saturated heterocycles. The predicted molar refractivity (Wildman–Crippen MR) is 73.1 cm³/mol. The van der Waals surface area contributed by atoms with Gasteiger partial charge in [0.25, 0.3) is 0 Å². The molecule has 0 aromatic carbocycles. The van der Waals surface area contributed by atoms with Crippen LogP contribution in [0.2, 0.25) is 0 Å². The number of nitrogens with zero attached hydrogens (tertiary/aromatic N) is 2. The van der Waals surface area contributed by atoms with Gasteiger partial charge in [-0.3, -0.25) is 14.7 Å². The van der Waals surface area contributed by atoms with Crippen LogP contribution in [0.15, 0.2) is 9.95 Å². The van der Waals surface area contributed by atoms with E-state index < -0.39 is 12.0 Å². The van der Waals surface area contributed by atoms with Crippen molar-refractivity contribution >= 4 is 23.8 Å². The van der Waals surface area contributed by atoms with E-state index in [9.17, 15) is 14.4 Å². The highest BCUT2D eigenvalue weighted by Crippen LogP contribution is 2.17. The van der Waals surface area contributed by atoms with Gasteiger partial charge in [0.05, 0.1) is 25.5 Å². The largest absolute Gasteiger partial charge is 0.453 e. The summed E-state index contributed by atoms with van der Waals surface area (Å²) < 4.78 is 11.2. The van der Waals surface area contributed by atoms with E-state index in [0.717, 1.165) is 24.6 Å². The second-order valence-corrected chi connectivity index (χ2v) is 5.33. The molecule has 1 aliphatic rings. The minimum absolute atomic E-state index is 0.0106. The number of aromatic nitrogens is 3. The van der Waals surface area contributed by atoms with E-state index in [0.29, 0.717) is 18.3 Å². The second-order valence-electron chi connectivity index (χ2n) is 4.39. The molecule has 0 spiro atoms. The third-order valence-corrected chi connectivity index (χ3v) is 3.87. The van der Waals surface area contributed by atoms with Crippen molar-refractivity contribution in [1.29, 1.82) is 0 Å². The topological polar surface area (TPSA) is 115 Å². The highest BCUT2D eigenvalue weighted by Gasteiger charge is 2.20. The quantitative estimate of drug-likeness (QED) is 0.718. The van der Waals surface area contributed by atoms with Gasteiger partial charge in [-0.15, -0.1) is 5.10 Å². The van der Waals surface area contributed by atoms with Gasteiger partial charge in [0.2, 0.25) is 5.91 Å². The molecule has 1 aromatic heterocycles. The summed E-state index contributed by atoms with van der Waals surface area (Å²) in [5.74, 6) is -0.573. The molecule has 2 rings (SSSR count). The number of H-pyrrole nitrogens is 1. The Morgan fingerprint density at radius 3 is 3.10 bits per heavy atom. The summed E-state index contributed by atoms with van der Waals surface area (Å²) in [4.78, 5) is 34.0. The van der Waals surface area contributed by atoms with Crippen LogP contribution in [-0.4, -0.2) is 52.3 Å². The molecule has 116 valence electrons. The average molecular weight is 316 g/mol. The van der Waals surface area contributed by atoms with Crippen LogP contribution in [-0.2, 0) is 20.8 Å². The number of alkyl carbamates (subject to hydrolysis) is 1. The number of nitrogens with one attached hydrogen (secondary N) is 2. The molecule has 1 fully saturated rings. The summed E-state index contributed by atoms with van der Waals surface area (Å²) in [7, 11) is 1.17. The van der Waals surface area contributed by atoms with Crippen LogP contribution < -0.4 is 11.0 Å². The van der Waals surface area contributed by atoms with Crippen LogP contribution in [0.3, 0.4) is 0 Å².